The second kappa shape index (κ2) is 5.95. The van der Waals surface area contributed by atoms with Gasteiger partial charge in [0.05, 0.1) is 11.7 Å². The minimum absolute atomic E-state index is 0.247. The molecule has 5 heteroatoms. The number of halogens is 3. The fraction of sp³-hybridized carbons (Fsp3) is 0.231. The maximum atomic E-state index is 6.15. The lowest BCUT2D eigenvalue weighted by molar-refractivity contribution is 0.906. The van der Waals surface area contributed by atoms with Crippen molar-refractivity contribution in [2.24, 2.45) is 0 Å². The summed E-state index contributed by atoms with van der Waals surface area (Å²) < 4.78 is 2.16. The van der Waals surface area contributed by atoms with E-state index in [0.29, 0.717) is 0 Å². The zero-order valence-corrected chi connectivity index (χ0v) is 14.7. The SMILES string of the molecule is Cc1cc(Br)c(NC(C)c2cc(Br)cs2)cc1Cl. The van der Waals surface area contributed by atoms with E-state index < -0.39 is 0 Å². The molecule has 0 aliphatic heterocycles. The van der Waals surface area contributed by atoms with Crippen LogP contribution in [0.5, 0.6) is 0 Å². The Kier molecular flexibility index (Phi) is 4.75. The van der Waals surface area contributed by atoms with Gasteiger partial charge in [-0.05, 0) is 69.5 Å². The zero-order chi connectivity index (χ0) is 13.3. The van der Waals surface area contributed by atoms with E-state index in [2.05, 4.69) is 55.5 Å². The van der Waals surface area contributed by atoms with Crippen LogP contribution in [0.4, 0.5) is 5.69 Å². The van der Waals surface area contributed by atoms with Crippen molar-refractivity contribution in [1.29, 1.82) is 0 Å². The third-order valence-electron chi connectivity index (χ3n) is 2.63. The van der Waals surface area contributed by atoms with Crippen molar-refractivity contribution in [1.82, 2.24) is 0 Å². The Bertz CT molecular complexity index is 568. The van der Waals surface area contributed by atoms with Crippen LogP contribution in [-0.4, -0.2) is 0 Å². The van der Waals surface area contributed by atoms with E-state index >= 15 is 0 Å². The van der Waals surface area contributed by atoms with Gasteiger partial charge in [-0.3, -0.25) is 0 Å². The second-order valence-electron chi connectivity index (χ2n) is 4.11. The van der Waals surface area contributed by atoms with Crippen LogP contribution in [0, 0.1) is 6.92 Å². The van der Waals surface area contributed by atoms with E-state index in [1.54, 1.807) is 11.3 Å². The molecule has 18 heavy (non-hydrogen) atoms. The van der Waals surface area contributed by atoms with Crippen molar-refractivity contribution in [3.63, 3.8) is 0 Å². The summed E-state index contributed by atoms with van der Waals surface area (Å²) in [5.74, 6) is 0. The molecule has 0 aliphatic carbocycles. The van der Waals surface area contributed by atoms with Gasteiger partial charge in [0.25, 0.3) is 0 Å². The van der Waals surface area contributed by atoms with Gasteiger partial charge in [0.2, 0.25) is 0 Å². The maximum Gasteiger partial charge on any atom is 0.0579 e. The van der Waals surface area contributed by atoms with Crippen molar-refractivity contribution in [3.8, 4) is 0 Å². The van der Waals surface area contributed by atoms with Crippen molar-refractivity contribution in [2.45, 2.75) is 19.9 Å². The number of nitrogens with one attached hydrogen (secondary N) is 1. The van der Waals surface area contributed by atoms with Gasteiger partial charge in [0, 0.05) is 24.2 Å². The highest BCUT2D eigenvalue weighted by molar-refractivity contribution is 9.10. The van der Waals surface area contributed by atoms with E-state index in [-0.39, 0.29) is 6.04 Å². The van der Waals surface area contributed by atoms with Gasteiger partial charge in [0.15, 0.2) is 0 Å². The molecule has 1 aromatic carbocycles. The second-order valence-corrected chi connectivity index (χ2v) is 7.23. The molecule has 0 saturated heterocycles. The number of aryl methyl sites for hydroxylation is 1. The molecule has 0 amide bonds. The van der Waals surface area contributed by atoms with E-state index in [4.69, 9.17) is 11.6 Å². The molecule has 0 bridgehead atoms. The smallest absolute Gasteiger partial charge is 0.0579 e. The molecule has 0 aliphatic rings. The highest BCUT2D eigenvalue weighted by atomic mass is 79.9. The third-order valence-corrected chi connectivity index (χ3v) is 5.57. The molecule has 96 valence electrons. The summed E-state index contributed by atoms with van der Waals surface area (Å²) in [6, 6.07) is 6.37. The van der Waals surface area contributed by atoms with E-state index in [9.17, 15) is 0 Å². The topological polar surface area (TPSA) is 12.0 Å². The number of thiophene rings is 1. The molecule has 1 nitrogen and oxygen atoms in total. The molecule has 0 saturated carbocycles. The van der Waals surface area contributed by atoms with E-state index in [1.807, 2.05) is 19.1 Å². The Morgan fingerprint density at radius 1 is 1.28 bits per heavy atom. The molecule has 0 spiro atoms. The maximum absolute atomic E-state index is 6.15. The summed E-state index contributed by atoms with van der Waals surface area (Å²) in [5.41, 5.74) is 2.09. The van der Waals surface area contributed by atoms with Crippen molar-refractivity contribution < 1.29 is 0 Å². The van der Waals surface area contributed by atoms with Crippen LogP contribution in [0.15, 0.2) is 32.5 Å². The van der Waals surface area contributed by atoms with Gasteiger partial charge in [-0.25, -0.2) is 0 Å². The van der Waals surface area contributed by atoms with Crippen LogP contribution < -0.4 is 5.32 Å². The Morgan fingerprint density at radius 3 is 2.61 bits per heavy atom. The number of benzene rings is 1. The molecule has 0 radical (unpaired) electrons. The van der Waals surface area contributed by atoms with Gasteiger partial charge in [-0.1, -0.05) is 11.6 Å². The minimum atomic E-state index is 0.247. The fourth-order valence-corrected chi connectivity index (χ4v) is 3.81. The summed E-state index contributed by atoms with van der Waals surface area (Å²) in [5, 5.41) is 6.33. The first-order valence-electron chi connectivity index (χ1n) is 5.43. The summed E-state index contributed by atoms with van der Waals surface area (Å²) in [4.78, 5) is 1.28. The van der Waals surface area contributed by atoms with Gasteiger partial charge < -0.3 is 5.32 Å². The normalized spacial score (nSPS) is 12.5. The van der Waals surface area contributed by atoms with Gasteiger partial charge in [-0.15, -0.1) is 11.3 Å². The van der Waals surface area contributed by atoms with Crippen LogP contribution in [0.1, 0.15) is 23.4 Å². The molecular weight excluding hydrogens is 397 g/mol. The lowest BCUT2D eigenvalue weighted by Gasteiger charge is -2.16. The lowest BCUT2D eigenvalue weighted by atomic mass is 10.2. The van der Waals surface area contributed by atoms with Crippen molar-refractivity contribution in [3.05, 3.63) is 48.0 Å². The monoisotopic (exact) mass is 407 g/mol. The average molecular weight is 410 g/mol. The third kappa shape index (κ3) is 3.29. The van der Waals surface area contributed by atoms with Crippen LogP contribution in [-0.2, 0) is 0 Å². The van der Waals surface area contributed by atoms with Crippen LogP contribution >= 0.6 is 54.8 Å². The predicted molar refractivity (Wildman–Crippen MR) is 87.9 cm³/mol. The van der Waals surface area contributed by atoms with Gasteiger partial charge in [0.1, 0.15) is 0 Å². The standard InChI is InChI=1S/C13H12Br2ClNS/c1-7-3-10(15)12(5-11(7)16)17-8(2)13-4-9(14)6-18-13/h3-6,8,17H,1-2H3. The highest BCUT2D eigenvalue weighted by Crippen LogP contribution is 2.33. The Hall–Kier alpha value is -0.0300. The molecule has 0 fully saturated rings. The summed E-state index contributed by atoms with van der Waals surface area (Å²) in [6.45, 7) is 4.13. The van der Waals surface area contributed by atoms with E-state index in [0.717, 1.165) is 25.2 Å². The Balaban J connectivity index is 2.21. The molecule has 1 N–H and O–H groups in total. The number of hydrogen-bond acceptors (Lipinski definition) is 2. The molecule has 1 unspecified atom stereocenters. The largest absolute Gasteiger partial charge is 0.377 e. The number of anilines is 1. The lowest BCUT2D eigenvalue weighted by Crippen LogP contribution is -2.05. The van der Waals surface area contributed by atoms with Crippen LogP contribution in [0.2, 0.25) is 5.02 Å². The number of rotatable bonds is 3. The summed E-state index contributed by atoms with van der Waals surface area (Å²) in [7, 11) is 0. The van der Waals surface area contributed by atoms with Crippen molar-refractivity contribution >= 4 is 60.5 Å². The molecular formula is C13H12Br2ClNS. The molecule has 1 aromatic heterocycles. The minimum Gasteiger partial charge on any atom is -0.377 e. The molecule has 2 rings (SSSR count). The Morgan fingerprint density at radius 2 is 2.00 bits per heavy atom. The highest BCUT2D eigenvalue weighted by Gasteiger charge is 2.11. The average Bonchev–Trinajstić information content (AvgIpc) is 2.73. The summed E-state index contributed by atoms with van der Waals surface area (Å²) in [6.07, 6.45) is 0. The zero-order valence-electron chi connectivity index (χ0n) is 9.93. The van der Waals surface area contributed by atoms with Gasteiger partial charge >= 0.3 is 0 Å². The fourth-order valence-electron chi connectivity index (χ4n) is 1.62. The first kappa shape index (κ1) is 14.4. The Labute approximate surface area is 133 Å². The van der Waals surface area contributed by atoms with Gasteiger partial charge in [-0.2, -0.15) is 0 Å². The van der Waals surface area contributed by atoms with Crippen LogP contribution in [0.25, 0.3) is 0 Å². The first-order chi connectivity index (χ1) is 8.47. The van der Waals surface area contributed by atoms with E-state index in [1.165, 1.54) is 4.88 Å². The van der Waals surface area contributed by atoms with Crippen molar-refractivity contribution in [2.75, 3.05) is 5.32 Å². The molecule has 1 heterocycles. The van der Waals surface area contributed by atoms with Crippen LogP contribution in [0.3, 0.4) is 0 Å². The molecule has 1 atom stereocenters. The first-order valence-corrected chi connectivity index (χ1v) is 8.28. The summed E-state index contributed by atoms with van der Waals surface area (Å²) >= 11 is 14.9. The predicted octanol–water partition coefficient (Wildman–Crippen LogP) is 6.41. The number of hydrogen-bond donors (Lipinski definition) is 1. The quantitative estimate of drug-likeness (QED) is 0.618. The molecule has 2 aromatic rings.